The molecule has 17 heavy (non-hydrogen) atoms. The van der Waals surface area contributed by atoms with Gasteiger partial charge in [-0.05, 0) is 6.92 Å². The third kappa shape index (κ3) is 6.35. The van der Waals surface area contributed by atoms with Crippen LogP contribution in [0.5, 0.6) is 0 Å². The lowest BCUT2D eigenvalue weighted by Crippen LogP contribution is -2.57. The predicted molar refractivity (Wildman–Crippen MR) is 59.0 cm³/mol. The first-order valence-corrected chi connectivity index (χ1v) is 5.44. The number of likely N-dealkylation sites (N-methyl/N-ethyl adjacent to an activating group) is 1. The molecular formula is C11H21NO5. The molecule has 0 saturated heterocycles. The van der Waals surface area contributed by atoms with E-state index in [0.29, 0.717) is 6.61 Å². The summed E-state index contributed by atoms with van der Waals surface area (Å²) in [4.78, 5) is 22.4. The first kappa shape index (κ1) is 16.0. The SMILES string of the molecule is CCOCC(=O)C(O)(CC(=O)[O-])C[N+](C)(C)C. The number of carboxylic acids is 1. The molecule has 0 aromatic heterocycles. The van der Waals surface area contributed by atoms with Gasteiger partial charge in [0.2, 0.25) is 0 Å². The minimum absolute atomic E-state index is 0.00706. The van der Waals surface area contributed by atoms with Crippen molar-refractivity contribution in [3.05, 3.63) is 0 Å². The van der Waals surface area contributed by atoms with Gasteiger partial charge >= 0.3 is 0 Å². The van der Waals surface area contributed by atoms with E-state index < -0.39 is 23.8 Å². The van der Waals surface area contributed by atoms with Gasteiger partial charge < -0.3 is 24.2 Å². The number of carboxylic acid groups (broad SMARTS) is 1. The van der Waals surface area contributed by atoms with Crippen molar-refractivity contribution < 1.29 is 29.0 Å². The highest BCUT2D eigenvalue weighted by Gasteiger charge is 2.40. The molecule has 1 N–H and O–H groups in total. The van der Waals surface area contributed by atoms with Gasteiger partial charge in [0.15, 0.2) is 11.4 Å². The summed E-state index contributed by atoms with van der Waals surface area (Å²) in [6.07, 6.45) is -0.714. The van der Waals surface area contributed by atoms with Crippen molar-refractivity contribution in [1.29, 1.82) is 0 Å². The third-order valence-corrected chi connectivity index (χ3v) is 2.13. The zero-order valence-corrected chi connectivity index (χ0v) is 10.9. The minimum atomic E-state index is -1.94. The van der Waals surface area contributed by atoms with Gasteiger partial charge in [-0.1, -0.05) is 0 Å². The number of rotatable bonds is 8. The van der Waals surface area contributed by atoms with Crippen LogP contribution < -0.4 is 5.11 Å². The Hall–Kier alpha value is -0.980. The molecule has 0 bridgehead atoms. The average Bonchev–Trinajstić information content (AvgIpc) is 2.09. The van der Waals surface area contributed by atoms with Crippen LogP contribution in [0.15, 0.2) is 0 Å². The van der Waals surface area contributed by atoms with E-state index in [2.05, 4.69) is 0 Å². The summed E-state index contributed by atoms with van der Waals surface area (Å²) in [6, 6.07) is 0. The molecule has 0 aromatic rings. The van der Waals surface area contributed by atoms with Crippen molar-refractivity contribution in [2.24, 2.45) is 0 Å². The summed E-state index contributed by atoms with van der Waals surface area (Å²) in [5.74, 6) is -2.08. The second-order valence-electron chi connectivity index (χ2n) is 5.09. The molecule has 0 aromatic carbocycles. The van der Waals surface area contributed by atoms with Crippen molar-refractivity contribution >= 4 is 11.8 Å². The van der Waals surface area contributed by atoms with Crippen molar-refractivity contribution in [1.82, 2.24) is 0 Å². The minimum Gasteiger partial charge on any atom is -0.550 e. The fourth-order valence-corrected chi connectivity index (χ4v) is 1.60. The van der Waals surface area contributed by atoms with E-state index >= 15 is 0 Å². The molecule has 0 spiro atoms. The largest absolute Gasteiger partial charge is 0.550 e. The van der Waals surface area contributed by atoms with Gasteiger partial charge in [-0.15, -0.1) is 0 Å². The molecule has 0 amide bonds. The zero-order valence-electron chi connectivity index (χ0n) is 10.9. The van der Waals surface area contributed by atoms with Crippen molar-refractivity contribution in [2.75, 3.05) is 40.9 Å². The summed E-state index contributed by atoms with van der Waals surface area (Å²) in [6.45, 7) is 1.75. The Labute approximate surface area is 101 Å². The zero-order chi connectivity index (χ0) is 13.7. The number of aliphatic carboxylic acids is 1. The molecule has 0 heterocycles. The molecule has 0 saturated carbocycles. The van der Waals surface area contributed by atoms with Crippen molar-refractivity contribution in [2.45, 2.75) is 18.9 Å². The van der Waals surface area contributed by atoms with Crippen LogP contribution in [-0.4, -0.2) is 67.8 Å². The van der Waals surface area contributed by atoms with E-state index in [-0.39, 0.29) is 17.6 Å². The Balaban J connectivity index is 4.83. The number of ether oxygens (including phenoxy) is 1. The maximum absolute atomic E-state index is 11.8. The second-order valence-corrected chi connectivity index (χ2v) is 5.09. The number of hydrogen-bond acceptors (Lipinski definition) is 5. The first-order chi connectivity index (χ1) is 7.60. The van der Waals surface area contributed by atoms with Crippen LogP contribution in [0, 0.1) is 0 Å². The van der Waals surface area contributed by atoms with Crippen LogP contribution in [-0.2, 0) is 14.3 Å². The van der Waals surface area contributed by atoms with E-state index in [1.54, 1.807) is 28.1 Å². The number of carbonyl (C=O) groups is 2. The quantitative estimate of drug-likeness (QED) is 0.510. The monoisotopic (exact) mass is 247 g/mol. The van der Waals surface area contributed by atoms with Gasteiger partial charge in [0.1, 0.15) is 13.2 Å². The highest BCUT2D eigenvalue weighted by atomic mass is 16.5. The normalized spacial score (nSPS) is 15.4. The smallest absolute Gasteiger partial charge is 0.196 e. The molecule has 0 aliphatic carbocycles. The molecular weight excluding hydrogens is 226 g/mol. The summed E-state index contributed by atoms with van der Waals surface area (Å²) >= 11 is 0. The molecule has 0 rings (SSSR count). The van der Waals surface area contributed by atoms with E-state index in [0.717, 1.165) is 0 Å². The highest BCUT2D eigenvalue weighted by molar-refractivity contribution is 5.91. The standard InChI is InChI=1S/C11H21NO5/c1-5-17-7-9(13)11(16,6-10(14)15)8-12(2,3)4/h16H,5-8H2,1-4H3. The Bertz CT molecular complexity index is 284. The van der Waals surface area contributed by atoms with E-state index in [9.17, 15) is 19.8 Å². The summed E-state index contributed by atoms with van der Waals surface area (Å²) in [5, 5.41) is 20.8. The van der Waals surface area contributed by atoms with Gasteiger partial charge in [-0.3, -0.25) is 4.79 Å². The number of hydrogen-bond donors (Lipinski definition) is 1. The van der Waals surface area contributed by atoms with E-state index in [1.807, 2.05) is 0 Å². The molecule has 6 nitrogen and oxygen atoms in total. The highest BCUT2D eigenvalue weighted by Crippen LogP contribution is 2.15. The number of carbonyl (C=O) groups excluding carboxylic acids is 2. The van der Waals surface area contributed by atoms with Crippen molar-refractivity contribution in [3.8, 4) is 0 Å². The van der Waals surface area contributed by atoms with Gasteiger partial charge in [0, 0.05) is 19.0 Å². The lowest BCUT2D eigenvalue weighted by molar-refractivity contribution is -0.875. The number of quaternary nitrogens is 1. The van der Waals surface area contributed by atoms with Crippen LogP contribution in [0.25, 0.3) is 0 Å². The fraction of sp³-hybridized carbons (Fsp3) is 0.818. The maximum atomic E-state index is 11.8. The lowest BCUT2D eigenvalue weighted by atomic mass is 9.93. The number of aliphatic hydroxyl groups is 1. The molecule has 0 radical (unpaired) electrons. The van der Waals surface area contributed by atoms with Gasteiger partial charge in [0.25, 0.3) is 0 Å². The van der Waals surface area contributed by atoms with Crippen LogP contribution >= 0.6 is 0 Å². The second kappa shape index (κ2) is 6.09. The van der Waals surface area contributed by atoms with Crippen LogP contribution in [0.4, 0.5) is 0 Å². The molecule has 100 valence electrons. The fourth-order valence-electron chi connectivity index (χ4n) is 1.60. The molecule has 1 unspecified atom stereocenters. The Morgan fingerprint density at radius 1 is 1.35 bits per heavy atom. The van der Waals surface area contributed by atoms with E-state index in [1.165, 1.54) is 0 Å². The topological polar surface area (TPSA) is 86.7 Å². The first-order valence-electron chi connectivity index (χ1n) is 5.44. The van der Waals surface area contributed by atoms with Crippen LogP contribution in [0.3, 0.4) is 0 Å². The third-order valence-electron chi connectivity index (χ3n) is 2.13. The molecule has 1 atom stereocenters. The molecule has 0 fully saturated rings. The number of nitrogens with zero attached hydrogens (tertiary/aromatic N) is 1. The average molecular weight is 247 g/mol. The summed E-state index contributed by atoms with van der Waals surface area (Å²) in [5.41, 5.74) is -1.94. The van der Waals surface area contributed by atoms with Crippen molar-refractivity contribution in [3.63, 3.8) is 0 Å². The van der Waals surface area contributed by atoms with Gasteiger partial charge in [0.05, 0.1) is 21.1 Å². The number of ketones is 1. The molecule has 6 heteroatoms. The Kier molecular flexibility index (Phi) is 5.74. The van der Waals surface area contributed by atoms with E-state index in [4.69, 9.17) is 4.74 Å². The maximum Gasteiger partial charge on any atom is 0.196 e. The lowest BCUT2D eigenvalue weighted by Gasteiger charge is -2.34. The molecule has 0 aliphatic rings. The summed E-state index contributed by atoms with van der Waals surface area (Å²) < 4.78 is 5.17. The number of Topliss-reactive ketones (excluding diaryl/α,β-unsaturated/α-hetero) is 1. The predicted octanol–water partition coefficient (Wildman–Crippen LogP) is -1.83. The molecule has 0 aliphatic heterocycles. The summed E-state index contributed by atoms with van der Waals surface area (Å²) in [7, 11) is 5.27. The van der Waals surface area contributed by atoms with Gasteiger partial charge in [-0.2, -0.15) is 0 Å². The Morgan fingerprint density at radius 2 is 1.88 bits per heavy atom. The Morgan fingerprint density at radius 3 is 2.24 bits per heavy atom. The van der Waals surface area contributed by atoms with Crippen LogP contribution in [0.1, 0.15) is 13.3 Å². The van der Waals surface area contributed by atoms with Crippen LogP contribution in [0.2, 0.25) is 0 Å². The van der Waals surface area contributed by atoms with Gasteiger partial charge in [-0.25, -0.2) is 0 Å².